The molecule has 0 N–H and O–H groups in total. The number of hydrogen-bond donors (Lipinski definition) is 0. The fourth-order valence-corrected chi connectivity index (χ4v) is 4.59. The predicted octanol–water partition coefficient (Wildman–Crippen LogP) is 3.94. The number of nitrogens with zero attached hydrogens (tertiary/aromatic N) is 4. The van der Waals surface area contributed by atoms with Crippen LogP contribution in [0.25, 0.3) is 11.4 Å². The summed E-state index contributed by atoms with van der Waals surface area (Å²) in [4.78, 5) is 14.4. The Labute approximate surface area is 189 Å². The van der Waals surface area contributed by atoms with Gasteiger partial charge in [0.2, 0.25) is 5.91 Å². The van der Waals surface area contributed by atoms with Gasteiger partial charge in [-0.1, -0.05) is 30.0 Å². The number of carbonyl (C=O) groups is 1. The highest BCUT2D eigenvalue weighted by molar-refractivity contribution is 7.99. The van der Waals surface area contributed by atoms with Crippen LogP contribution in [0.2, 0.25) is 0 Å². The predicted molar refractivity (Wildman–Crippen MR) is 118 cm³/mol. The van der Waals surface area contributed by atoms with Gasteiger partial charge in [-0.25, -0.2) is 4.39 Å². The minimum absolute atomic E-state index is 0.0253. The van der Waals surface area contributed by atoms with Crippen molar-refractivity contribution in [3.8, 4) is 22.9 Å². The molecule has 0 radical (unpaired) electrons. The number of ether oxygens (including phenoxy) is 2. The molecular weight excluding hydrogens is 431 g/mol. The van der Waals surface area contributed by atoms with Gasteiger partial charge in [-0.2, -0.15) is 0 Å². The van der Waals surface area contributed by atoms with E-state index in [1.807, 2.05) is 22.8 Å². The molecule has 1 amide bonds. The zero-order valence-corrected chi connectivity index (χ0v) is 18.5. The van der Waals surface area contributed by atoms with Crippen molar-refractivity contribution in [2.24, 2.45) is 0 Å². The molecule has 0 unspecified atom stereocenters. The first-order valence-electron chi connectivity index (χ1n) is 10.6. The molecule has 1 aliphatic heterocycles. The summed E-state index contributed by atoms with van der Waals surface area (Å²) >= 11 is 1.34. The van der Waals surface area contributed by atoms with Crippen LogP contribution in [0, 0.1) is 5.82 Å². The van der Waals surface area contributed by atoms with E-state index >= 15 is 0 Å². The van der Waals surface area contributed by atoms with Crippen molar-refractivity contribution in [1.82, 2.24) is 19.7 Å². The third-order valence-corrected chi connectivity index (χ3v) is 6.40. The standard InChI is InChI=1S/C23H23FN4O3S/c1-27(13-15-6-9-19-20(12-15)31-11-10-30-19)21(29)14-32-23-26-25-22(28(23)16-7-8-16)17-4-2-3-5-18(17)24/h2-6,9,12,16H,7-8,10-11,13-14H2,1H3. The lowest BCUT2D eigenvalue weighted by molar-refractivity contribution is -0.127. The van der Waals surface area contributed by atoms with Gasteiger partial charge in [-0.3, -0.25) is 9.36 Å². The second-order valence-electron chi connectivity index (χ2n) is 7.90. The first-order valence-corrected chi connectivity index (χ1v) is 11.5. The summed E-state index contributed by atoms with van der Waals surface area (Å²) in [5.41, 5.74) is 1.40. The molecule has 1 fully saturated rings. The third kappa shape index (κ3) is 4.29. The van der Waals surface area contributed by atoms with E-state index in [0.29, 0.717) is 42.1 Å². The lowest BCUT2D eigenvalue weighted by Crippen LogP contribution is -2.28. The molecule has 1 saturated carbocycles. The van der Waals surface area contributed by atoms with Gasteiger partial charge in [0.1, 0.15) is 19.0 Å². The molecule has 5 rings (SSSR count). The molecule has 0 atom stereocenters. The summed E-state index contributed by atoms with van der Waals surface area (Å²) in [6.07, 6.45) is 2.01. The van der Waals surface area contributed by atoms with Crippen LogP contribution < -0.4 is 9.47 Å². The molecule has 9 heteroatoms. The van der Waals surface area contributed by atoms with Gasteiger partial charge >= 0.3 is 0 Å². The number of rotatable bonds is 7. The van der Waals surface area contributed by atoms with Gasteiger partial charge in [0, 0.05) is 19.6 Å². The van der Waals surface area contributed by atoms with E-state index in [0.717, 1.165) is 24.2 Å². The van der Waals surface area contributed by atoms with Crippen molar-refractivity contribution in [2.75, 3.05) is 26.0 Å². The number of amides is 1. The number of fused-ring (bicyclic) bond motifs is 1. The van der Waals surface area contributed by atoms with Crippen molar-refractivity contribution in [3.05, 3.63) is 53.8 Å². The smallest absolute Gasteiger partial charge is 0.233 e. The summed E-state index contributed by atoms with van der Waals surface area (Å²) in [6.45, 7) is 1.54. The highest BCUT2D eigenvalue weighted by Gasteiger charge is 2.31. The monoisotopic (exact) mass is 454 g/mol. The van der Waals surface area contributed by atoms with Crippen LogP contribution in [0.5, 0.6) is 11.5 Å². The van der Waals surface area contributed by atoms with Crippen LogP contribution in [0.15, 0.2) is 47.6 Å². The summed E-state index contributed by atoms with van der Waals surface area (Å²) < 4.78 is 27.5. The van der Waals surface area contributed by atoms with Crippen LogP contribution in [0.3, 0.4) is 0 Å². The minimum Gasteiger partial charge on any atom is -0.486 e. The Morgan fingerprint density at radius 2 is 1.94 bits per heavy atom. The van der Waals surface area contributed by atoms with E-state index in [1.54, 1.807) is 30.1 Å². The van der Waals surface area contributed by atoms with E-state index in [1.165, 1.54) is 17.8 Å². The van der Waals surface area contributed by atoms with Crippen molar-refractivity contribution >= 4 is 17.7 Å². The lowest BCUT2D eigenvalue weighted by Gasteiger charge is -2.21. The lowest BCUT2D eigenvalue weighted by atomic mass is 10.2. The summed E-state index contributed by atoms with van der Waals surface area (Å²) in [6, 6.07) is 12.6. The second-order valence-corrected chi connectivity index (χ2v) is 8.85. The molecule has 3 aromatic rings. The summed E-state index contributed by atoms with van der Waals surface area (Å²) in [7, 11) is 1.77. The van der Waals surface area contributed by atoms with Gasteiger partial charge < -0.3 is 14.4 Å². The highest BCUT2D eigenvalue weighted by Crippen LogP contribution is 2.41. The zero-order chi connectivity index (χ0) is 22.1. The molecule has 0 spiro atoms. The maximum Gasteiger partial charge on any atom is 0.233 e. The Morgan fingerprint density at radius 3 is 2.72 bits per heavy atom. The molecule has 2 heterocycles. The van der Waals surface area contributed by atoms with Crippen LogP contribution in [-0.2, 0) is 11.3 Å². The second kappa shape index (κ2) is 8.82. The molecule has 2 aromatic carbocycles. The van der Waals surface area contributed by atoms with Crippen LogP contribution >= 0.6 is 11.8 Å². The topological polar surface area (TPSA) is 69.5 Å². The Morgan fingerprint density at radius 1 is 1.16 bits per heavy atom. The molecular formula is C23H23FN4O3S. The maximum atomic E-state index is 14.3. The third-order valence-electron chi connectivity index (χ3n) is 5.47. The number of carbonyl (C=O) groups excluding carboxylic acids is 1. The van der Waals surface area contributed by atoms with Gasteiger partial charge in [0.15, 0.2) is 22.5 Å². The van der Waals surface area contributed by atoms with Crippen molar-refractivity contribution in [3.63, 3.8) is 0 Å². The Hall–Kier alpha value is -3.07. The highest BCUT2D eigenvalue weighted by atomic mass is 32.2. The molecule has 2 aliphatic rings. The number of thioether (sulfide) groups is 1. The summed E-state index contributed by atoms with van der Waals surface area (Å²) in [5, 5.41) is 9.15. The Kier molecular flexibility index (Phi) is 5.73. The number of halogens is 1. The molecule has 32 heavy (non-hydrogen) atoms. The van der Waals surface area contributed by atoms with E-state index in [9.17, 15) is 9.18 Å². The minimum atomic E-state index is -0.325. The molecule has 0 bridgehead atoms. The molecule has 0 saturated heterocycles. The van der Waals surface area contributed by atoms with Crippen molar-refractivity contribution in [2.45, 2.75) is 30.6 Å². The van der Waals surface area contributed by atoms with Gasteiger partial charge in [0.05, 0.1) is 11.3 Å². The average Bonchev–Trinajstić information content (AvgIpc) is 3.56. The summed E-state index contributed by atoms with van der Waals surface area (Å²) in [5.74, 6) is 1.83. The van der Waals surface area contributed by atoms with Crippen molar-refractivity contribution in [1.29, 1.82) is 0 Å². The van der Waals surface area contributed by atoms with Gasteiger partial charge in [0.25, 0.3) is 0 Å². The van der Waals surface area contributed by atoms with Gasteiger partial charge in [-0.05, 0) is 42.7 Å². The fourth-order valence-electron chi connectivity index (χ4n) is 3.65. The van der Waals surface area contributed by atoms with E-state index in [2.05, 4.69) is 10.2 Å². The number of hydrogen-bond acceptors (Lipinski definition) is 6. The number of aromatic nitrogens is 3. The molecule has 166 valence electrons. The normalized spacial score (nSPS) is 14.9. The van der Waals surface area contributed by atoms with Crippen LogP contribution in [0.4, 0.5) is 4.39 Å². The van der Waals surface area contributed by atoms with Gasteiger partial charge in [-0.15, -0.1) is 10.2 Å². The molecule has 7 nitrogen and oxygen atoms in total. The SMILES string of the molecule is CN(Cc1ccc2c(c1)OCCO2)C(=O)CSc1nnc(-c2ccccc2F)n1C1CC1. The zero-order valence-electron chi connectivity index (χ0n) is 17.7. The molecule has 1 aromatic heterocycles. The number of benzene rings is 2. The van der Waals surface area contributed by atoms with E-state index in [-0.39, 0.29) is 23.5 Å². The first kappa shape index (κ1) is 20.8. The fraction of sp³-hybridized carbons (Fsp3) is 0.348. The average molecular weight is 455 g/mol. The van der Waals surface area contributed by atoms with Crippen LogP contribution in [-0.4, -0.2) is 51.6 Å². The Bertz CT molecular complexity index is 1150. The van der Waals surface area contributed by atoms with E-state index < -0.39 is 0 Å². The maximum absolute atomic E-state index is 14.3. The molecule has 1 aliphatic carbocycles. The van der Waals surface area contributed by atoms with E-state index in [4.69, 9.17) is 9.47 Å². The van der Waals surface area contributed by atoms with Crippen molar-refractivity contribution < 1.29 is 18.7 Å². The van der Waals surface area contributed by atoms with Crippen LogP contribution in [0.1, 0.15) is 24.4 Å². The first-order chi connectivity index (χ1) is 15.6. The quantitative estimate of drug-likeness (QED) is 0.504. The Balaban J connectivity index is 1.26. The largest absolute Gasteiger partial charge is 0.486 e.